The maximum atomic E-state index is 11.4. The highest BCUT2D eigenvalue weighted by Gasteiger charge is 2.22. The van der Waals surface area contributed by atoms with Crippen LogP contribution in [-0.2, 0) is 4.79 Å². The Morgan fingerprint density at radius 1 is 1.47 bits per heavy atom. The van der Waals surface area contributed by atoms with Crippen molar-refractivity contribution in [2.24, 2.45) is 5.92 Å². The summed E-state index contributed by atoms with van der Waals surface area (Å²) in [6.45, 7) is 2.73. The average molecular weight is 209 g/mol. The first-order valence-electron chi connectivity index (χ1n) is 5.43. The topological polar surface area (TPSA) is 47.3 Å². The van der Waals surface area contributed by atoms with Crippen molar-refractivity contribution in [1.29, 1.82) is 5.26 Å². The van der Waals surface area contributed by atoms with E-state index in [0.29, 0.717) is 5.92 Å². The summed E-state index contributed by atoms with van der Waals surface area (Å²) in [5.74, 6) is 0.687. The van der Waals surface area contributed by atoms with Gasteiger partial charge in [0, 0.05) is 19.6 Å². The second kappa shape index (κ2) is 5.72. The Morgan fingerprint density at radius 2 is 2.07 bits per heavy atom. The Bertz CT molecular complexity index is 249. The molecule has 0 radical (unpaired) electrons. The van der Waals surface area contributed by atoms with E-state index in [9.17, 15) is 4.79 Å². The van der Waals surface area contributed by atoms with Crippen LogP contribution in [0.3, 0.4) is 0 Å². The van der Waals surface area contributed by atoms with E-state index in [4.69, 9.17) is 5.26 Å². The molecule has 0 unspecified atom stereocenters. The quantitative estimate of drug-likeness (QED) is 0.687. The molecule has 0 saturated carbocycles. The molecule has 1 aliphatic heterocycles. The van der Waals surface area contributed by atoms with Crippen LogP contribution in [0.25, 0.3) is 0 Å². The molecule has 0 atom stereocenters. The predicted octanol–water partition coefficient (Wildman–Crippen LogP) is 0.700. The largest absolute Gasteiger partial charge is 0.342 e. The summed E-state index contributed by atoms with van der Waals surface area (Å²) in [6, 6.07) is 1.91. The molecular weight excluding hydrogens is 190 g/mol. The lowest BCUT2D eigenvalue weighted by Crippen LogP contribution is -2.40. The molecule has 4 heteroatoms. The number of nitrogens with zero attached hydrogens (tertiary/aromatic N) is 3. The zero-order valence-electron chi connectivity index (χ0n) is 9.57. The molecule has 1 amide bonds. The molecule has 1 rings (SSSR count). The van der Waals surface area contributed by atoms with Gasteiger partial charge in [-0.2, -0.15) is 5.26 Å². The molecule has 0 aliphatic carbocycles. The Hall–Kier alpha value is -1.08. The third-order valence-electron chi connectivity index (χ3n) is 2.82. The Balaban J connectivity index is 2.30. The van der Waals surface area contributed by atoms with E-state index >= 15 is 0 Å². The molecule has 0 N–H and O–H groups in total. The number of piperidine rings is 1. The summed E-state index contributed by atoms with van der Waals surface area (Å²) in [7, 11) is 4.15. The monoisotopic (exact) mass is 209 g/mol. The molecule has 0 aromatic rings. The van der Waals surface area contributed by atoms with Gasteiger partial charge in [-0.3, -0.25) is 4.79 Å². The van der Waals surface area contributed by atoms with Crippen molar-refractivity contribution in [3.8, 4) is 6.07 Å². The maximum Gasteiger partial charge on any atom is 0.236 e. The molecule has 0 bridgehead atoms. The van der Waals surface area contributed by atoms with Gasteiger partial charge in [0.25, 0.3) is 0 Å². The van der Waals surface area contributed by atoms with Crippen LogP contribution in [-0.4, -0.2) is 49.4 Å². The fraction of sp³-hybridized carbons (Fsp3) is 0.818. The van der Waals surface area contributed by atoms with E-state index in [0.717, 1.165) is 32.5 Å². The average Bonchev–Trinajstić information content (AvgIpc) is 2.18. The number of likely N-dealkylation sites (tertiary alicyclic amines) is 1. The van der Waals surface area contributed by atoms with Gasteiger partial charge in [0.1, 0.15) is 6.42 Å². The van der Waals surface area contributed by atoms with Crippen molar-refractivity contribution in [3.63, 3.8) is 0 Å². The van der Waals surface area contributed by atoms with Gasteiger partial charge >= 0.3 is 0 Å². The van der Waals surface area contributed by atoms with Gasteiger partial charge in [0.2, 0.25) is 5.91 Å². The van der Waals surface area contributed by atoms with Gasteiger partial charge < -0.3 is 9.80 Å². The van der Waals surface area contributed by atoms with Crippen LogP contribution in [0.1, 0.15) is 19.3 Å². The number of hydrogen-bond donors (Lipinski definition) is 0. The van der Waals surface area contributed by atoms with Crippen molar-refractivity contribution in [2.75, 3.05) is 33.7 Å². The first-order chi connectivity index (χ1) is 7.13. The highest BCUT2D eigenvalue weighted by Crippen LogP contribution is 2.18. The SMILES string of the molecule is CN(C)CC1CCN(C(=O)CC#N)CC1. The minimum absolute atomic E-state index is 0.0131. The number of carbonyl (C=O) groups excluding carboxylic acids is 1. The number of amides is 1. The molecule has 0 spiro atoms. The fourth-order valence-corrected chi connectivity index (χ4v) is 2.06. The second-order valence-corrected chi connectivity index (χ2v) is 4.42. The van der Waals surface area contributed by atoms with E-state index in [1.807, 2.05) is 11.0 Å². The maximum absolute atomic E-state index is 11.4. The number of hydrogen-bond acceptors (Lipinski definition) is 3. The minimum atomic E-state index is -0.0131. The Kier molecular flexibility index (Phi) is 4.57. The van der Waals surface area contributed by atoms with Crippen LogP contribution in [0.2, 0.25) is 0 Å². The van der Waals surface area contributed by atoms with E-state index < -0.39 is 0 Å². The molecule has 0 aromatic carbocycles. The standard InChI is InChI=1S/C11H19N3O/c1-13(2)9-10-4-7-14(8-5-10)11(15)3-6-12/h10H,3-5,7-9H2,1-2H3. The van der Waals surface area contributed by atoms with Crippen molar-refractivity contribution in [1.82, 2.24) is 9.80 Å². The zero-order valence-corrected chi connectivity index (χ0v) is 9.57. The minimum Gasteiger partial charge on any atom is -0.342 e. The third kappa shape index (κ3) is 3.88. The molecule has 1 aliphatic rings. The zero-order chi connectivity index (χ0) is 11.3. The van der Waals surface area contributed by atoms with Gasteiger partial charge in [0.05, 0.1) is 6.07 Å². The van der Waals surface area contributed by atoms with E-state index in [-0.39, 0.29) is 12.3 Å². The second-order valence-electron chi connectivity index (χ2n) is 4.42. The Labute approximate surface area is 91.5 Å². The van der Waals surface area contributed by atoms with Gasteiger partial charge in [-0.15, -0.1) is 0 Å². The van der Waals surface area contributed by atoms with Crippen LogP contribution in [0.5, 0.6) is 0 Å². The van der Waals surface area contributed by atoms with Crippen molar-refractivity contribution < 1.29 is 4.79 Å². The highest BCUT2D eigenvalue weighted by molar-refractivity contribution is 5.78. The summed E-state index contributed by atoms with van der Waals surface area (Å²) >= 11 is 0. The first-order valence-corrected chi connectivity index (χ1v) is 5.43. The van der Waals surface area contributed by atoms with Crippen molar-refractivity contribution in [2.45, 2.75) is 19.3 Å². The van der Waals surface area contributed by atoms with Crippen LogP contribution in [0.15, 0.2) is 0 Å². The summed E-state index contributed by atoms with van der Waals surface area (Å²) in [4.78, 5) is 15.4. The van der Waals surface area contributed by atoms with Gasteiger partial charge in [-0.1, -0.05) is 0 Å². The van der Waals surface area contributed by atoms with Gasteiger partial charge in [-0.25, -0.2) is 0 Å². The van der Waals surface area contributed by atoms with E-state index in [2.05, 4.69) is 19.0 Å². The molecule has 4 nitrogen and oxygen atoms in total. The van der Waals surface area contributed by atoms with Crippen LogP contribution in [0, 0.1) is 17.2 Å². The van der Waals surface area contributed by atoms with Crippen LogP contribution in [0.4, 0.5) is 0 Å². The van der Waals surface area contributed by atoms with Crippen LogP contribution < -0.4 is 0 Å². The number of nitriles is 1. The summed E-state index contributed by atoms with van der Waals surface area (Å²) in [5.41, 5.74) is 0. The normalized spacial score (nSPS) is 17.9. The van der Waals surface area contributed by atoms with E-state index in [1.165, 1.54) is 0 Å². The summed E-state index contributed by atoms with van der Waals surface area (Å²) < 4.78 is 0. The number of carbonyl (C=O) groups is 1. The van der Waals surface area contributed by atoms with Crippen molar-refractivity contribution in [3.05, 3.63) is 0 Å². The lowest BCUT2D eigenvalue weighted by Gasteiger charge is -2.32. The molecule has 0 aromatic heterocycles. The van der Waals surface area contributed by atoms with E-state index in [1.54, 1.807) is 0 Å². The molecule has 15 heavy (non-hydrogen) atoms. The summed E-state index contributed by atoms with van der Waals surface area (Å²) in [6.07, 6.45) is 2.16. The molecule has 84 valence electrons. The smallest absolute Gasteiger partial charge is 0.236 e. The first kappa shape index (κ1) is 12.0. The lowest BCUT2D eigenvalue weighted by atomic mass is 9.96. The fourth-order valence-electron chi connectivity index (χ4n) is 2.06. The summed E-state index contributed by atoms with van der Waals surface area (Å²) in [5, 5.41) is 8.43. The van der Waals surface area contributed by atoms with Gasteiger partial charge in [-0.05, 0) is 32.9 Å². The lowest BCUT2D eigenvalue weighted by molar-refractivity contribution is -0.131. The molecule has 1 saturated heterocycles. The number of rotatable bonds is 3. The van der Waals surface area contributed by atoms with Crippen molar-refractivity contribution >= 4 is 5.91 Å². The Morgan fingerprint density at radius 3 is 2.53 bits per heavy atom. The van der Waals surface area contributed by atoms with Crippen LogP contribution >= 0.6 is 0 Å². The predicted molar refractivity (Wildman–Crippen MR) is 58.1 cm³/mol. The molecule has 1 heterocycles. The van der Waals surface area contributed by atoms with Gasteiger partial charge in [0.15, 0.2) is 0 Å². The highest BCUT2D eigenvalue weighted by atomic mass is 16.2. The molecular formula is C11H19N3O. The third-order valence-corrected chi connectivity index (χ3v) is 2.82. The molecule has 1 fully saturated rings.